The van der Waals surface area contributed by atoms with Crippen LogP contribution in [0.15, 0.2) is 97.5 Å². The molecule has 0 N–H and O–H groups in total. The highest BCUT2D eigenvalue weighted by molar-refractivity contribution is 5.78. The number of hydrogen-bond acceptors (Lipinski definition) is 3. The average Bonchev–Trinajstić information content (AvgIpc) is 3.48. The summed E-state index contributed by atoms with van der Waals surface area (Å²) in [6.45, 7) is 0. The van der Waals surface area contributed by atoms with E-state index < -0.39 is 11.7 Å². The van der Waals surface area contributed by atoms with E-state index in [4.69, 9.17) is 0 Å². The SMILES string of the molecule is FC(F)(F)c1c(-c2cccc(-c3ccn4nccc4c3)c2)nn2ccc(-c3ccccc3)nc12. The van der Waals surface area contributed by atoms with Crippen molar-refractivity contribution in [2.45, 2.75) is 6.18 Å². The number of aromatic nitrogens is 5. The molecule has 0 amide bonds. The summed E-state index contributed by atoms with van der Waals surface area (Å²) >= 11 is 0. The second-order valence-corrected chi connectivity index (χ2v) is 7.87. The zero-order chi connectivity index (χ0) is 23.3. The highest BCUT2D eigenvalue weighted by Gasteiger charge is 2.39. The molecule has 8 heteroatoms. The number of hydrogen-bond donors (Lipinski definition) is 0. The van der Waals surface area contributed by atoms with Crippen LogP contribution in [-0.2, 0) is 6.18 Å². The second kappa shape index (κ2) is 7.55. The van der Waals surface area contributed by atoms with Crippen LogP contribution < -0.4 is 0 Å². The van der Waals surface area contributed by atoms with Gasteiger partial charge in [0.1, 0.15) is 11.3 Å². The van der Waals surface area contributed by atoms with Crippen LogP contribution in [0.25, 0.3) is 44.8 Å². The largest absolute Gasteiger partial charge is 0.422 e. The molecule has 6 rings (SSSR count). The second-order valence-electron chi connectivity index (χ2n) is 7.87. The van der Waals surface area contributed by atoms with Crippen molar-refractivity contribution in [2.24, 2.45) is 0 Å². The maximum Gasteiger partial charge on any atom is 0.422 e. The van der Waals surface area contributed by atoms with Gasteiger partial charge in [-0.1, -0.05) is 48.5 Å². The molecule has 0 saturated heterocycles. The fourth-order valence-corrected chi connectivity index (χ4v) is 4.11. The summed E-state index contributed by atoms with van der Waals surface area (Å²) in [5, 5.41) is 8.46. The van der Waals surface area contributed by atoms with Crippen LogP contribution in [0.4, 0.5) is 13.2 Å². The van der Waals surface area contributed by atoms with Gasteiger partial charge in [0.25, 0.3) is 0 Å². The minimum Gasteiger partial charge on any atom is -0.241 e. The van der Waals surface area contributed by atoms with Crippen LogP contribution in [0, 0.1) is 0 Å². The number of alkyl halides is 3. The third-order valence-electron chi connectivity index (χ3n) is 5.71. The van der Waals surface area contributed by atoms with Crippen molar-refractivity contribution < 1.29 is 13.2 Å². The Morgan fingerprint density at radius 3 is 2.24 bits per heavy atom. The van der Waals surface area contributed by atoms with Crippen LogP contribution in [-0.4, -0.2) is 24.2 Å². The van der Waals surface area contributed by atoms with E-state index in [1.165, 1.54) is 10.7 Å². The lowest BCUT2D eigenvalue weighted by Crippen LogP contribution is -2.07. The Kier molecular flexibility index (Phi) is 4.48. The zero-order valence-electron chi connectivity index (χ0n) is 17.6. The van der Waals surface area contributed by atoms with Crippen LogP contribution in [0.3, 0.4) is 0 Å². The standard InChI is InChI=1S/C26H16F3N5/c27-26(28,29)23-24(32-34-14-11-22(31-25(23)34)17-5-2-1-3-6-17)20-8-4-7-18(15-20)19-10-13-33-21(16-19)9-12-30-33/h1-16H. The summed E-state index contributed by atoms with van der Waals surface area (Å²) in [5.74, 6) is 0. The molecule has 0 radical (unpaired) electrons. The lowest BCUT2D eigenvalue weighted by Gasteiger charge is -2.09. The molecule has 0 spiro atoms. The molecule has 4 aromatic heterocycles. The maximum atomic E-state index is 14.3. The molecule has 0 aliphatic carbocycles. The summed E-state index contributed by atoms with van der Waals surface area (Å²) in [5.41, 5.74) is 2.86. The van der Waals surface area contributed by atoms with E-state index in [-0.39, 0.29) is 11.3 Å². The smallest absolute Gasteiger partial charge is 0.241 e. The first kappa shape index (κ1) is 20.2. The van der Waals surface area contributed by atoms with Crippen molar-refractivity contribution in [3.63, 3.8) is 0 Å². The van der Waals surface area contributed by atoms with E-state index >= 15 is 0 Å². The Balaban J connectivity index is 1.52. The average molecular weight is 455 g/mol. The number of halogens is 3. The minimum atomic E-state index is -4.63. The van der Waals surface area contributed by atoms with E-state index in [9.17, 15) is 13.2 Å². The fraction of sp³-hybridized carbons (Fsp3) is 0.0385. The Hall–Kier alpha value is -4.46. The zero-order valence-corrected chi connectivity index (χ0v) is 17.6. The molecule has 6 aromatic rings. The van der Waals surface area contributed by atoms with Gasteiger partial charge in [-0.15, -0.1) is 0 Å². The van der Waals surface area contributed by atoms with Crippen molar-refractivity contribution in [1.29, 1.82) is 0 Å². The molecular weight excluding hydrogens is 439 g/mol. The highest BCUT2D eigenvalue weighted by Crippen LogP contribution is 2.40. The Labute approximate surface area is 191 Å². The predicted octanol–water partition coefficient (Wildman–Crippen LogP) is 6.40. The quantitative estimate of drug-likeness (QED) is 0.310. The number of pyridine rings is 1. The summed E-state index contributed by atoms with van der Waals surface area (Å²) < 4.78 is 45.8. The van der Waals surface area contributed by atoms with Gasteiger partial charge in [0, 0.05) is 29.7 Å². The van der Waals surface area contributed by atoms with E-state index in [2.05, 4.69) is 15.2 Å². The molecule has 0 unspecified atom stereocenters. The molecule has 0 aliphatic rings. The van der Waals surface area contributed by atoms with Gasteiger partial charge in [-0.3, -0.25) is 0 Å². The summed E-state index contributed by atoms with van der Waals surface area (Å²) in [7, 11) is 0. The van der Waals surface area contributed by atoms with Crippen LogP contribution in [0.1, 0.15) is 5.56 Å². The molecule has 166 valence electrons. The van der Waals surface area contributed by atoms with Crippen molar-refractivity contribution in [1.82, 2.24) is 24.2 Å². The lowest BCUT2D eigenvalue weighted by atomic mass is 10.0. The number of rotatable bonds is 3. The van der Waals surface area contributed by atoms with Gasteiger partial charge in [-0.05, 0) is 41.5 Å². The predicted molar refractivity (Wildman–Crippen MR) is 123 cm³/mol. The number of benzene rings is 2. The van der Waals surface area contributed by atoms with Gasteiger partial charge < -0.3 is 0 Å². The minimum absolute atomic E-state index is 0.155. The molecule has 0 aliphatic heterocycles. The van der Waals surface area contributed by atoms with Gasteiger partial charge in [-0.2, -0.15) is 23.4 Å². The molecule has 0 saturated carbocycles. The third-order valence-corrected chi connectivity index (χ3v) is 5.71. The first-order chi connectivity index (χ1) is 16.5. The van der Waals surface area contributed by atoms with Gasteiger partial charge in [-0.25, -0.2) is 14.0 Å². The van der Waals surface area contributed by atoms with E-state index in [1.54, 1.807) is 35.0 Å². The molecule has 5 nitrogen and oxygen atoms in total. The molecule has 0 fully saturated rings. The summed E-state index contributed by atoms with van der Waals surface area (Å²) in [4.78, 5) is 4.34. The summed E-state index contributed by atoms with van der Waals surface area (Å²) in [6, 6.07) is 23.4. The van der Waals surface area contributed by atoms with E-state index in [0.29, 0.717) is 11.3 Å². The van der Waals surface area contributed by atoms with Crippen LogP contribution in [0.5, 0.6) is 0 Å². The molecule has 0 atom stereocenters. The Bertz CT molecular complexity index is 1650. The molecule has 0 bridgehead atoms. The molecule has 2 aromatic carbocycles. The van der Waals surface area contributed by atoms with E-state index in [0.717, 1.165) is 22.2 Å². The van der Waals surface area contributed by atoms with Gasteiger partial charge in [0.2, 0.25) is 0 Å². The summed E-state index contributed by atoms with van der Waals surface area (Å²) in [6.07, 6.45) is 0.393. The Morgan fingerprint density at radius 1 is 0.676 bits per heavy atom. The molecular formula is C26H16F3N5. The van der Waals surface area contributed by atoms with Gasteiger partial charge in [0.15, 0.2) is 5.65 Å². The normalized spacial score (nSPS) is 12.0. The van der Waals surface area contributed by atoms with Crippen molar-refractivity contribution in [2.75, 3.05) is 0 Å². The Morgan fingerprint density at radius 2 is 1.41 bits per heavy atom. The number of nitrogens with zero attached hydrogens (tertiary/aromatic N) is 5. The molecule has 4 heterocycles. The van der Waals surface area contributed by atoms with Crippen LogP contribution >= 0.6 is 0 Å². The van der Waals surface area contributed by atoms with Gasteiger partial charge >= 0.3 is 6.18 Å². The topological polar surface area (TPSA) is 47.5 Å². The fourth-order valence-electron chi connectivity index (χ4n) is 4.11. The number of fused-ring (bicyclic) bond motifs is 2. The molecule has 34 heavy (non-hydrogen) atoms. The monoisotopic (exact) mass is 455 g/mol. The first-order valence-electron chi connectivity index (χ1n) is 10.5. The first-order valence-corrected chi connectivity index (χ1v) is 10.5. The maximum absolute atomic E-state index is 14.3. The van der Waals surface area contributed by atoms with Gasteiger partial charge in [0.05, 0.1) is 11.2 Å². The highest BCUT2D eigenvalue weighted by atomic mass is 19.4. The lowest BCUT2D eigenvalue weighted by molar-refractivity contribution is -0.136. The third kappa shape index (κ3) is 3.40. The van der Waals surface area contributed by atoms with Crippen molar-refractivity contribution in [3.05, 3.63) is 103 Å². The van der Waals surface area contributed by atoms with Crippen molar-refractivity contribution in [3.8, 4) is 33.6 Å². The van der Waals surface area contributed by atoms with E-state index in [1.807, 2.05) is 60.8 Å². The van der Waals surface area contributed by atoms with Crippen LogP contribution in [0.2, 0.25) is 0 Å². The van der Waals surface area contributed by atoms with Crippen molar-refractivity contribution >= 4 is 11.2 Å².